The molecule has 2 rings (SSSR count). The molecule has 1 amide bonds. The van der Waals surface area contributed by atoms with Crippen LogP contribution in [0.25, 0.3) is 0 Å². The van der Waals surface area contributed by atoms with Crippen molar-refractivity contribution in [1.82, 2.24) is 5.32 Å². The molecule has 0 aliphatic rings. The fourth-order valence-corrected chi connectivity index (χ4v) is 2.22. The quantitative estimate of drug-likeness (QED) is 0.855. The maximum atomic E-state index is 12.0. The second-order valence-corrected chi connectivity index (χ2v) is 5.78. The Morgan fingerprint density at radius 3 is 2.29 bits per heavy atom. The topological polar surface area (TPSA) is 75.6 Å². The second kappa shape index (κ2) is 7.64. The van der Waals surface area contributed by atoms with Crippen LogP contribution >= 0.6 is 0 Å². The maximum Gasteiger partial charge on any atom is 0.330 e. The summed E-state index contributed by atoms with van der Waals surface area (Å²) >= 11 is 0. The summed E-state index contributed by atoms with van der Waals surface area (Å²) in [5.74, 6) is -1.03. The minimum absolute atomic E-state index is 0.238. The fourth-order valence-electron chi connectivity index (χ4n) is 2.22. The van der Waals surface area contributed by atoms with E-state index < -0.39 is 17.9 Å². The van der Waals surface area contributed by atoms with Crippen LogP contribution in [-0.2, 0) is 9.59 Å². The first-order valence-electron chi connectivity index (χ1n) is 7.65. The predicted molar refractivity (Wildman–Crippen MR) is 91.1 cm³/mol. The predicted octanol–water partition coefficient (Wildman–Crippen LogP) is 2.93. The highest BCUT2D eigenvalue weighted by Gasteiger charge is 2.22. The third kappa shape index (κ3) is 4.59. The van der Waals surface area contributed by atoms with Gasteiger partial charge in [0.1, 0.15) is 5.75 Å². The van der Waals surface area contributed by atoms with E-state index in [0.29, 0.717) is 11.3 Å². The minimum Gasteiger partial charge on any atom is -0.484 e. The monoisotopic (exact) mass is 327 g/mol. The number of carboxylic acids is 1. The van der Waals surface area contributed by atoms with Crippen molar-refractivity contribution in [3.05, 3.63) is 64.7 Å². The molecule has 0 radical (unpaired) electrons. The summed E-state index contributed by atoms with van der Waals surface area (Å²) in [5, 5.41) is 11.9. The number of carbonyl (C=O) groups is 2. The van der Waals surface area contributed by atoms with Crippen LogP contribution in [0, 0.1) is 20.8 Å². The van der Waals surface area contributed by atoms with E-state index >= 15 is 0 Å². The van der Waals surface area contributed by atoms with Gasteiger partial charge in [0, 0.05) is 0 Å². The van der Waals surface area contributed by atoms with Crippen molar-refractivity contribution >= 4 is 11.9 Å². The van der Waals surface area contributed by atoms with E-state index in [1.54, 1.807) is 24.3 Å². The van der Waals surface area contributed by atoms with Gasteiger partial charge in [-0.05, 0) is 49.6 Å². The average molecular weight is 327 g/mol. The molecule has 2 aromatic carbocycles. The molecule has 0 saturated heterocycles. The fraction of sp³-hybridized carbons (Fsp3) is 0.263. The van der Waals surface area contributed by atoms with Crippen LogP contribution in [0.1, 0.15) is 28.3 Å². The van der Waals surface area contributed by atoms with Gasteiger partial charge in [0.05, 0.1) is 0 Å². The lowest BCUT2D eigenvalue weighted by Gasteiger charge is -2.16. The van der Waals surface area contributed by atoms with Gasteiger partial charge >= 0.3 is 5.97 Å². The molecular formula is C19H21NO4. The highest BCUT2D eigenvalue weighted by Crippen LogP contribution is 2.18. The van der Waals surface area contributed by atoms with Crippen LogP contribution in [0.2, 0.25) is 0 Å². The molecule has 24 heavy (non-hydrogen) atoms. The number of carboxylic acid groups (broad SMARTS) is 1. The maximum absolute atomic E-state index is 12.0. The number of nitrogens with one attached hydrogen (secondary N) is 1. The highest BCUT2D eigenvalue weighted by atomic mass is 16.5. The van der Waals surface area contributed by atoms with Crippen molar-refractivity contribution in [2.45, 2.75) is 26.8 Å². The molecule has 0 bridgehead atoms. The van der Waals surface area contributed by atoms with Gasteiger partial charge < -0.3 is 15.2 Å². The van der Waals surface area contributed by atoms with Gasteiger partial charge in [0.2, 0.25) is 0 Å². The van der Waals surface area contributed by atoms with Crippen LogP contribution in [0.5, 0.6) is 5.75 Å². The molecule has 1 atom stereocenters. The molecule has 5 heteroatoms. The Hall–Kier alpha value is -2.82. The molecule has 0 fully saturated rings. The van der Waals surface area contributed by atoms with Gasteiger partial charge in [-0.1, -0.05) is 35.9 Å². The van der Waals surface area contributed by atoms with E-state index in [0.717, 1.165) is 16.7 Å². The van der Waals surface area contributed by atoms with Crippen molar-refractivity contribution in [2.75, 3.05) is 6.61 Å². The van der Waals surface area contributed by atoms with Crippen molar-refractivity contribution < 1.29 is 19.4 Å². The zero-order valence-corrected chi connectivity index (χ0v) is 14.0. The van der Waals surface area contributed by atoms with E-state index in [4.69, 9.17) is 4.74 Å². The Bertz CT molecular complexity index is 738. The van der Waals surface area contributed by atoms with E-state index in [1.165, 1.54) is 0 Å². The summed E-state index contributed by atoms with van der Waals surface area (Å²) in [4.78, 5) is 23.5. The molecular weight excluding hydrogens is 306 g/mol. The van der Waals surface area contributed by atoms with Crippen LogP contribution in [0.15, 0.2) is 42.5 Å². The molecule has 2 N–H and O–H groups in total. The van der Waals surface area contributed by atoms with Gasteiger partial charge in [-0.25, -0.2) is 4.79 Å². The summed E-state index contributed by atoms with van der Waals surface area (Å²) in [6, 6.07) is 11.5. The van der Waals surface area contributed by atoms with Gasteiger partial charge in [0.25, 0.3) is 5.91 Å². The third-order valence-electron chi connectivity index (χ3n) is 3.81. The Balaban J connectivity index is 2.01. The molecule has 0 heterocycles. The van der Waals surface area contributed by atoms with Gasteiger partial charge in [-0.2, -0.15) is 0 Å². The Kier molecular flexibility index (Phi) is 5.58. The van der Waals surface area contributed by atoms with Gasteiger partial charge in [-0.15, -0.1) is 0 Å². The molecule has 0 saturated carbocycles. The lowest BCUT2D eigenvalue weighted by Crippen LogP contribution is -2.36. The van der Waals surface area contributed by atoms with Crippen molar-refractivity contribution in [3.8, 4) is 5.75 Å². The Morgan fingerprint density at radius 1 is 1.04 bits per heavy atom. The number of hydrogen-bond acceptors (Lipinski definition) is 3. The first kappa shape index (κ1) is 17.5. The number of rotatable bonds is 6. The lowest BCUT2D eigenvalue weighted by molar-refractivity contribution is -0.142. The number of carbonyl (C=O) groups excluding carboxylic acids is 1. The smallest absolute Gasteiger partial charge is 0.330 e. The zero-order valence-electron chi connectivity index (χ0n) is 14.0. The Labute approximate surface area is 141 Å². The van der Waals surface area contributed by atoms with Gasteiger partial charge in [-0.3, -0.25) is 4.79 Å². The van der Waals surface area contributed by atoms with Crippen molar-refractivity contribution in [2.24, 2.45) is 0 Å². The summed E-state index contributed by atoms with van der Waals surface area (Å²) in [6.07, 6.45) is 0. The number of aliphatic carboxylic acids is 1. The zero-order chi connectivity index (χ0) is 17.7. The Morgan fingerprint density at radius 2 is 1.71 bits per heavy atom. The summed E-state index contributed by atoms with van der Waals surface area (Å²) in [5.41, 5.74) is 3.67. The van der Waals surface area contributed by atoms with E-state index in [2.05, 4.69) is 5.32 Å². The summed E-state index contributed by atoms with van der Waals surface area (Å²) in [7, 11) is 0. The van der Waals surface area contributed by atoms with Crippen LogP contribution in [0.4, 0.5) is 0 Å². The van der Waals surface area contributed by atoms with E-state index in [9.17, 15) is 14.7 Å². The lowest BCUT2D eigenvalue weighted by atomic mass is 10.0. The van der Waals surface area contributed by atoms with Crippen LogP contribution in [0.3, 0.4) is 0 Å². The molecule has 126 valence electrons. The molecule has 0 aliphatic heterocycles. The minimum atomic E-state index is -1.11. The third-order valence-corrected chi connectivity index (χ3v) is 3.81. The van der Waals surface area contributed by atoms with E-state index in [-0.39, 0.29) is 6.61 Å². The van der Waals surface area contributed by atoms with E-state index in [1.807, 2.05) is 39.0 Å². The first-order chi connectivity index (χ1) is 11.4. The first-order valence-corrected chi connectivity index (χ1v) is 7.65. The molecule has 0 aromatic heterocycles. The molecule has 2 aromatic rings. The molecule has 0 spiro atoms. The highest BCUT2D eigenvalue weighted by molar-refractivity contribution is 5.85. The number of amides is 1. The second-order valence-electron chi connectivity index (χ2n) is 5.78. The van der Waals surface area contributed by atoms with Crippen molar-refractivity contribution in [3.63, 3.8) is 0 Å². The molecule has 5 nitrogen and oxygen atoms in total. The standard InChI is InChI=1S/C19H21NO4/c1-12-4-8-16(9-5-12)24-11-17(21)20-18(19(22)23)15-7-6-13(2)14(3)10-15/h4-10,18H,11H2,1-3H3,(H,20,21)(H,22,23). The largest absolute Gasteiger partial charge is 0.484 e. The van der Waals surface area contributed by atoms with Crippen molar-refractivity contribution in [1.29, 1.82) is 0 Å². The van der Waals surface area contributed by atoms with Gasteiger partial charge in [0.15, 0.2) is 12.6 Å². The van der Waals surface area contributed by atoms with Crippen LogP contribution in [-0.4, -0.2) is 23.6 Å². The molecule has 1 unspecified atom stereocenters. The number of hydrogen-bond donors (Lipinski definition) is 2. The SMILES string of the molecule is Cc1ccc(OCC(=O)NC(C(=O)O)c2ccc(C)c(C)c2)cc1. The number of aryl methyl sites for hydroxylation is 3. The van der Waals surface area contributed by atoms with Crippen LogP contribution < -0.4 is 10.1 Å². The average Bonchev–Trinajstić information content (AvgIpc) is 2.54. The summed E-state index contributed by atoms with van der Waals surface area (Å²) in [6.45, 7) is 5.57. The number of benzene rings is 2. The molecule has 0 aliphatic carbocycles. The normalized spacial score (nSPS) is 11.6. The summed E-state index contributed by atoms with van der Waals surface area (Å²) < 4.78 is 5.38. The number of ether oxygens (including phenoxy) is 1.